The van der Waals surface area contributed by atoms with Crippen molar-refractivity contribution in [2.75, 3.05) is 27.3 Å². The van der Waals surface area contributed by atoms with Crippen LogP contribution in [0.25, 0.3) is 0 Å². The van der Waals surface area contributed by atoms with Crippen LogP contribution in [0.1, 0.15) is 113 Å². The number of aliphatic hydroxyl groups excluding tert-OH is 1. The zero-order chi connectivity index (χ0) is 48.6. The SMILES string of the molecule is CC[C@H]1OC(=O)[C@H](C)[C@@H](OC(=O)N2C(=O)OC[C@@H]2C)[C@H](C)[C@@H](O[C@@H]2O[C@H](C)C[C@H](N(C)C3CCCC3)[C@H]2O)[C@@](C)(OC)C[C@@H](C)C(=O)[C@@H](C)[C@H]2N(CCc3ccc(Cl)c(Cl)c3)C(=O)O[C@]12C. The number of rotatable bonds is 10. The predicted molar refractivity (Wildman–Crippen MR) is 244 cm³/mol. The van der Waals surface area contributed by atoms with Gasteiger partial charge in [0.25, 0.3) is 0 Å². The standard InChI is InChI=1S/C48H71Cl2N3O13/c1-12-36-48(9)40(52(44(57)66-48)20-19-31-17-18-33(49)34(50)22-31)28(5)37(54)25(2)23-47(8,60-11)41(65-43-38(55)35(21-27(4)62-43)51(10)32-15-13-14-16-32)29(6)39(30(7)42(56)63-36)64-46(59)53-26(3)24-61-45(53)58/h17-18,22,25-30,32,35-36,38-41,43,55H,12-16,19-21,23-24H2,1-11H3/t25-,26+,27-,28-,29+,30-,35+,36-,38-,39+,40-,41-,43+,47+,48-/m1/s1. The van der Waals surface area contributed by atoms with Gasteiger partial charge in [0.2, 0.25) is 0 Å². The number of methoxy groups -OCH3 is 1. The second-order valence-electron chi connectivity index (χ2n) is 19.9. The van der Waals surface area contributed by atoms with Crippen molar-refractivity contribution in [2.45, 2.75) is 186 Å². The van der Waals surface area contributed by atoms with Gasteiger partial charge >= 0.3 is 24.2 Å². The van der Waals surface area contributed by atoms with Gasteiger partial charge in [0.15, 0.2) is 11.9 Å². The lowest BCUT2D eigenvalue weighted by molar-refractivity contribution is -0.303. The van der Waals surface area contributed by atoms with Crippen LogP contribution >= 0.6 is 23.2 Å². The van der Waals surface area contributed by atoms with E-state index in [0.717, 1.165) is 36.1 Å². The first-order valence-corrected chi connectivity index (χ1v) is 24.4. The molecular formula is C48H71Cl2N3O13. The van der Waals surface area contributed by atoms with Gasteiger partial charge in [-0.1, -0.05) is 69.8 Å². The van der Waals surface area contributed by atoms with E-state index in [2.05, 4.69) is 4.90 Å². The maximum atomic E-state index is 15.0. The minimum Gasteiger partial charge on any atom is -0.458 e. The number of cyclic esters (lactones) is 2. The Balaban J connectivity index is 1.43. The number of carbonyl (C=O) groups excluding carboxylic acids is 5. The number of Topliss-reactive ketones (excluding diaryl/α,β-unsaturated/α-hetero) is 1. The second-order valence-corrected chi connectivity index (χ2v) is 20.7. The van der Waals surface area contributed by atoms with Crippen LogP contribution in [-0.2, 0) is 49.2 Å². The normalized spacial score (nSPS) is 38.5. The topological polar surface area (TPSA) is 180 Å². The van der Waals surface area contributed by atoms with Crippen LogP contribution in [0.3, 0.4) is 0 Å². The van der Waals surface area contributed by atoms with E-state index in [-0.39, 0.29) is 43.9 Å². The molecule has 4 heterocycles. The maximum Gasteiger partial charge on any atom is 0.419 e. The lowest BCUT2D eigenvalue weighted by Crippen LogP contribution is -2.62. The van der Waals surface area contributed by atoms with Crippen LogP contribution < -0.4 is 0 Å². The van der Waals surface area contributed by atoms with Crippen molar-refractivity contribution in [1.82, 2.24) is 14.7 Å². The van der Waals surface area contributed by atoms with Crippen LogP contribution in [0.15, 0.2) is 18.2 Å². The van der Waals surface area contributed by atoms with E-state index in [1.165, 1.54) is 12.0 Å². The van der Waals surface area contributed by atoms with Crippen LogP contribution in [0.4, 0.5) is 14.4 Å². The van der Waals surface area contributed by atoms with Gasteiger partial charge in [-0.2, -0.15) is 0 Å². The molecule has 1 saturated carbocycles. The zero-order valence-corrected chi connectivity index (χ0v) is 41.8. The first-order chi connectivity index (χ1) is 31.1. The summed E-state index contributed by atoms with van der Waals surface area (Å²) in [4.78, 5) is 75.4. The first-order valence-electron chi connectivity index (χ1n) is 23.7. The summed E-state index contributed by atoms with van der Waals surface area (Å²) in [7, 11) is 3.51. The fraction of sp³-hybridized carbons (Fsp3) is 0.771. The van der Waals surface area contributed by atoms with Crippen molar-refractivity contribution in [1.29, 1.82) is 0 Å². The summed E-state index contributed by atoms with van der Waals surface area (Å²) in [5, 5.41) is 12.9. The largest absolute Gasteiger partial charge is 0.458 e. The van der Waals surface area contributed by atoms with E-state index >= 15 is 4.79 Å². The molecular weight excluding hydrogens is 897 g/mol. The lowest BCUT2D eigenvalue weighted by Gasteiger charge is -2.49. The van der Waals surface area contributed by atoms with E-state index in [1.807, 2.05) is 20.0 Å². The number of amides is 3. The monoisotopic (exact) mass is 967 g/mol. The fourth-order valence-corrected chi connectivity index (χ4v) is 11.7. The molecule has 4 saturated heterocycles. The number of ketones is 1. The van der Waals surface area contributed by atoms with E-state index < -0.39 is 102 Å². The van der Waals surface area contributed by atoms with Crippen molar-refractivity contribution >= 4 is 53.2 Å². The molecule has 0 unspecified atom stereocenters. The van der Waals surface area contributed by atoms with Gasteiger partial charge < -0.3 is 38.3 Å². The Hall–Kier alpha value is -3.25. The number of fused-ring (bicyclic) bond motifs is 1. The van der Waals surface area contributed by atoms with Gasteiger partial charge in [0.1, 0.15) is 30.7 Å². The highest BCUT2D eigenvalue weighted by atomic mass is 35.5. The second kappa shape index (κ2) is 21.2. The van der Waals surface area contributed by atoms with E-state index in [1.54, 1.807) is 67.5 Å². The molecule has 1 aliphatic carbocycles. The molecule has 4 aliphatic heterocycles. The average molecular weight is 969 g/mol. The molecule has 16 nitrogen and oxygen atoms in total. The number of aliphatic hydroxyl groups is 1. The Kier molecular flexibility index (Phi) is 16.7. The summed E-state index contributed by atoms with van der Waals surface area (Å²) in [6.07, 6.45) is -3.40. The smallest absolute Gasteiger partial charge is 0.419 e. The first kappa shape index (κ1) is 52.1. The summed E-state index contributed by atoms with van der Waals surface area (Å²) >= 11 is 12.5. The van der Waals surface area contributed by atoms with Crippen molar-refractivity contribution in [3.63, 3.8) is 0 Å². The molecule has 0 aromatic heterocycles. The number of imide groups is 1. The molecule has 5 aliphatic rings. The van der Waals surface area contributed by atoms with Crippen LogP contribution in [-0.4, -0.2) is 149 Å². The molecule has 0 radical (unpaired) electrons. The summed E-state index contributed by atoms with van der Waals surface area (Å²) in [6.45, 7) is 15.7. The third-order valence-electron chi connectivity index (χ3n) is 15.2. The molecule has 0 spiro atoms. The number of carbonyl (C=O) groups is 5. The van der Waals surface area contributed by atoms with Gasteiger partial charge in [-0.05, 0) is 97.9 Å². The zero-order valence-electron chi connectivity index (χ0n) is 40.3. The minimum atomic E-state index is -1.52. The Morgan fingerprint density at radius 2 is 1.67 bits per heavy atom. The highest BCUT2D eigenvalue weighted by Crippen LogP contribution is 2.44. The Morgan fingerprint density at radius 1 is 0.985 bits per heavy atom. The van der Waals surface area contributed by atoms with Crippen LogP contribution in [0.2, 0.25) is 10.0 Å². The summed E-state index contributed by atoms with van der Waals surface area (Å²) in [5.74, 6) is -4.75. The van der Waals surface area contributed by atoms with Crippen molar-refractivity contribution in [3.8, 4) is 0 Å². The molecule has 1 aromatic rings. The Labute approximate surface area is 399 Å². The van der Waals surface area contributed by atoms with Crippen LogP contribution in [0, 0.1) is 23.7 Å². The molecule has 1 aromatic carbocycles. The summed E-state index contributed by atoms with van der Waals surface area (Å²) in [6, 6.07) is 3.62. The van der Waals surface area contributed by atoms with Crippen LogP contribution in [0.5, 0.6) is 0 Å². The molecule has 3 amide bonds. The van der Waals surface area contributed by atoms with Gasteiger partial charge in [-0.15, -0.1) is 0 Å². The molecule has 5 fully saturated rings. The molecule has 6 rings (SSSR count). The number of ether oxygens (including phenoxy) is 7. The molecule has 0 bridgehead atoms. The molecule has 15 atom stereocenters. The van der Waals surface area contributed by atoms with Crippen molar-refractivity contribution < 1.29 is 62.2 Å². The molecule has 370 valence electrons. The Morgan fingerprint density at radius 3 is 2.27 bits per heavy atom. The number of hydrogen-bond donors (Lipinski definition) is 1. The third kappa shape index (κ3) is 10.5. The highest BCUT2D eigenvalue weighted by Gasteiger charge is 2.61. The number of benzene rings is 1. The number of likely N-dealkylation sites (N-methyl/N-ethyl adjacent to an activating group) is 1. The maximum absolute atomic E-state index is 15.0. The van der Waals surface area contributed by atoms with Crippen molar-refractivity contribution in [2.24, 2.45) is 23.7 Å². The number of esters is 1. The van der Waals surface area contributed by atoms with Gasteiger partial charge in [-0.3, -0.25) is 19.4 Å². The van der Waals surface area contributed by atoms with Gasteiger partial charge in [-0.25, -0.2) is 19.3 Å². The predicted octanol–water partition coefficient (Wildman–Crippen LogP) is 7.83. The molecule has 18 heteroatoms. The number of hydrogen-bond acceptors (Lipinski definition) is 14. The minimum absolute atomic E-state index is 0.0454. The van der Waals surface area contributed by atoms with Gasteiger partial charge in [0.05, 0.1) is 45.9 Å². The molecule has 1 N–H and O–H groups in total. The number of nitrogens with zero attached hydrogens (tertiary/aromatic N) is 3. The van der Waals surface area contributed by atoms with Gasteiger partial charge in [0, 0.05) is 43.5 Å². The molecule has 66 heavy (non-hydrogen) atoms. The highest BCUT2D eigenvalue weighted by molar-refractivity contribution is 6.42. The van der Waals surface area contributed by atoms with E-state index in [0.29, 0.717) is 28.9 Å². The summed E-state index contributed by atoms with van der Waals surface area (Å²) in [5.41, 5.74) is -2.10. The quantitative estimate of drug-likeness (QED) is 0.177. The van der Waals surface area contributed by atoms with Crippen molar-refractivity contribution in [3.05, 3.63) is 33.8 Å². The number of halogens is 2. The summed E-state index contributed by atoms with van der Waals surface area (Å²) < 4.78 is 43.7. The van der Waals surface area contributed by atoms with E-state index in [9.17, 15) is 24.3 Å². The Bertz CT molecular complexity index is 1940. The third-order valence-corrected chi connectivity index (χ3v) is 16.0. The van der Waals surface area contributed by atoms with E-state index in [4.69, 9.17) is 56.4 Å². The fourth-order valence-electron chi connectivity index (χ4n) is 11.4. The lowest BCUT2D eigenvalue weighted by atomic mass is 9.73. The average Bonchev–Trinajstić information content (AvgIpc) is 4.00.